The van der Waals surface area contributed by atoms with Crippen LogP contribution in [0.2, 0.25) is 0 Å². The van der Waals surface area contributed by atoms with E-state index < -0.39 is 11.7 Å². The maximum absolute atomic E-state index is 13.4. The van der Waals surface area contributed by atoms with Gasteiger partial charge in [-0.25, -0.2) is 0 Å². The van der Waals surface area contributed by atoms with Gasteiger partial charge in [-0.3, -0.25) is 4.90 Å². The molecule has 2 aromatic rings. The second kappa shape index (κ2) is 10.0. The van der Waals surface area contributed by atoms with Gasteiger partial charge in [-0.15, -0.1) is 0 Å². The van der Waals surface area contributed by atoms with Crippen molar-refractivity contribution in [2.75, 3.05) is 26.2 Å². The molecule has 4 rings (SSSR count). The highest BCUT2D eigenvalue weighted by Crippen LogP contribution is 2.33. The minimum Gasteiger partial charge on any atom is -0.494 e. The zero-order valence-corrected chi connectivity index (χ0v) is 17.9. The number of hydrogen-bond acceptors (Lipinski definition) is 3. The Morgan fingerprint density at radius 3 is 2.65 bits per heavy atom. The number of ether oxygens (including phenoxy) is 1. The van der Waals surface area contributed by atoms with Crippen LogP contribution in [0.15, 0.2) is 42.5 Å². The fraction of sp³-hybridized carbons (Fsp3) is 0.520. The molecule has 0 aliphatic carbocycles. The number of fused-ring (bicyclic) bond motifs is 1. The highest BCUT2D eigenvalue weighted by molar-refractivity contribution is 5.37. The van der Waals surface area contributed by atoms with Crippen molar-refractivity contribution >= 4 is 0 Å². The number of hydrogen-bond donors (Lipinski definition) is 1. The van der Waals surface area contributed by atoms with Gasteiger partial charge in [0.2, 0.25) is 0 Å². The van der Waals surface area contributed by atoms with E-state index in [1.807, 2.05) is 6.07 Å². The Balaban J connectivity index is 1.37. The lowest BCUT2D eigenvalue weighted by atomic mass is 9.95. The van der Waals surface area contributed by atoms with Crippen LogP contribution in [0.25, 0.3) is 0 Å². The van der Waals surface area contributed by atoms with Crippen molar-refractivity contribution in [2.24, 2.45) is 5.92 Å². The van der Waals surface area contributed by atoms with Crippen LogP contribution in [0.1, 0.15) is 47.9 Å². The molecule has 1 fully saturated rings. The molecule has 6 heteroatoms. The van der Waals surface area contributed by atoms with Gasteiger partial charge < -0.3 is 10.1 Å². The Morgan fingerprint density at radius 1 is 1.03 bits per heavy atom. The number of nitrogens with zero attached hydrogens (tertiary/aromatic N) is 1. The van der Waals surface area contributed by atoms with Crippen LogP contribution in [-0.4, -0.2) is 31.1 Å². The first-order valence-corrected chi connectivity index (χ1v) is 11.3. The highest BCUT2D eigenvalue weighted by Gasteiger charge is 2.33. The van der Waals surface area contributed by atoms with E-state index in [-0.39, 0.29) is 0 Å². The summed E-state index contributed by atoms with van der Waals surface area (Å²) in [5.41, 5.74) is 2.26. The van der Waals surface area contributed by atoms with Crippen LogP contribution in [0.4, 0.5) is 13.2 Å². The van der Waals surface area contributed by atoms with Gasteiger partial charge in [0.25, 0.3) is 0 Å². The van der Waals surface area contributed by atoms with Crippen molar-refractivity contribution in [1.82, 2.24) is 10.2 Å². The van der Waals surface area contributed by atoms with Gasteiger partial charge in [0.05, 0.1) is 12.2 Å². The standard InChI is InChI=1S/C25H31F3N2O/c26-25(27,28)24-6-2-1-4-22(24)18-30-14-3-5-20-16-23(8-7-21(20)17-30)31-15-11-19-9-12-29-13-10-19/h1-2,4,6-8,16,19,29H,3,5,9-15,17-18H2. The second-order valence-corrected chi connectivity index (χ2v) is 8.73. The van der Waals surface area contributed by atoms with E-state index in [0.717, 1.165) is 57.2 Å². The minimum atomic E-state index is -4.32. The number of alkyl halides is 3. The molecule has 0 bridgehead atoms. The number of rotatable bonds is 6. The average molecular weight is 433 g/mol. The SMILES string of the molecule is FC(F)(F)c1ccccc1CN1CCCc2cc(OCCC3CCNCC3)ccc2C1. The van der Waals surface area contributed by atoms with E-state index >= 15 is 0 Å². The van der Waals surface area contributed by atoms with Crippen molar-refractivity contribution in [1.29, 1.82) is 0 Å². The van der Waals surface area contributed by atoms with Crippen molar-refractivity contribution in [3.8, 4) is 5.75 Å². The van der Waals surface area contributed by atoms with Gasteiger partial charge in [-0.05, 0) is 92.5 Å². The van der Waals surface area contributed by atoms with Gasteiger partial charge in [0, 0.05) is 13.1 Å². The van der Waals surface area contributed by atoms with E-state index in [2.05, 4.69) is 22.3 Å². The first-order chi connectivity index (χ1) is 15.0. The van der Waals surface area contributed by atoms with Gasteiger partial charge >= 0.3 is 6.18 Å². The molecule has 2 aromatic carbocycles. The highest BCUT2D eigenvalue weighted by atomic mass is 19.4. The largest absolute Gasteiger partial charge is 0.494 e. The van der Waals surface area contributed by atoms with Crippen molar-refractivity contribution in [3.63, 3.8) is 0 Å². The lowest BCUT2D eigenvalue weighted by molar-refractivity contribution is -0.138. The summed E-state index contributed by atoms with van der Waals surface area (Å²) in [4.78, 5) is 2.12. The van der Waals surface area contributed by atoms with Gasteiger partial charge in [-0.2, -0.15) is 13.2 Å². The zero-order valence-electron chi connectivity index (χ0n) is 17.9. The monoisotopic (exact) mass is 432 g/mol. The van der Waals surface area contributed by atoms with E-state index in [1.54, 1.807) is 12.1 Å². The molecule has 0 atom stereocenters. The van der Waals surface area contributed by atoms with E-state index in [1.165, 1.54) is 36.1 Å². The van der Waals surface area contributed by atoms with Crippen LogP contribution in [0.3, 0.4) is 0 Å². The quantitative estimate of drug-likeness (QED) is 0.660. The van der Waals surface area contributed by atoms with Crippen LogP contribution in [0, 0.1) is 5.92 Å². The van der Waals surface area contributed by atoms with E-state index in [0.29, 0.717) is 18.7 Å². The molecule has 2 aliphatic heterocycles. The maximum Gasteiger partial charge on any atom is 0.416 e. The van der Waals surface area contributed by atoms with Crippen LogP contribution in [0.5, 0.6) is 5.75 Å². The third kappa shape index (κ3) is 6.01. The molecule has 0 aromatic heterocycles. The smallest absolute Gasteiger partial charge is 0.416 e. The van der Waals surface area contributed by atoms with Gasteiger partial charge in [0.15, 0.2) is 0 Å². The number of aryl methyl sites for hydroxylation is 1. The normalized spacial score (nSPS) is 18.4. The number of halogens is 3. The molecule has 0 saturated carbocycles. The molecule has 2 heterocycles. The maximum atomic E-state index is 13.4. The Hall–Kier alpha value is -2.05. The molecule has 2 aliphatic rings. The molecule has 0 amide bonds. The van der Waals surface area contributed by atoms with Crippen molar-refractivity contribution in [2.45, 2.75) is 51.4 Å². The minimum absolute atomic E-state index is 0.309. The summed E-state index contributed by atoms with van der Waals surface area (Å²) in [5.74, 6) is 1.65. The van der Waals surface area contributed by atoms with Crippen LogP contribution >= 0.6 is 0 Å². The zero-order chi connectivity index (χ0) is 21.7. The average Bonchev–Trinajstić information content (AvgIpc) is 2.95. The molecule has 0 unspecified atom stereocenters. The first kappa shape index (κ1) is 22.2. The summed E-state index contributed by atoms with van der Waals surface area (Å²) >= 11 is 0. The van der Waals surface area contributed by atoms with Crippen molar-refractivity contribution in [3.05, 3.63) is 64.7 Å². The Kier molecular flexibility index (Phi) is 7.18. The van der Waals surface area contributed by atoms with Crippen LogP contribution < -0.4 is 10.1 Å². The molecule has 0 radical (unpaired) electrons. The lowest BCUT2D eigenvalue weighted by Gasteiger charge is -2.23. The molecule has 1 saturated heterocycles. The molecule has 1 N–H and O–H groups in total. The number of nitrogens with one attached hydrogen (secondary N) is 1. The molecular weight excluding hydrogens is 401 g/mol. The predicted molar refractivity (Wildman–Crippen MR) is 116 cm³/mol. The Morgan fingerprint density at radius 2 is 1.84 bits per heavy atom. The fourth-order valence-corrected chi connectivity index (χ4v) is 4.72. The molecule has 31 heavy (non-hydrogen) atoms. The summed E-state index contributed by atoms with van der Waals surface area (Å²) in [6.45, 7) is 4.71. The van der Waals surface area contributed by atoms with E-state index in [4.69, 9.17) is 4.74 Å². The molecule has 3 nitrogen and oxygen atoms in total. The lowest BCUT2D eigenvalue weighted by Crippen LogP contribution is -2.28. The van der Waals surface area contributed by atoms with E-state index in [9.17, 15) is 13.2 Å². The van der Waals surface area contributed by atoms with Gasteiger partial charge in [-0.1, -0.05) is 24.3 Å². The summed E-state index contributed by atoms with van der Waals surface area (Å²) in [6, 6.07) is 12.1. The third-order valence-corrected chi connectivity index (χ3v) is 6.46. The van der Waals surface area contributed by atoms with Crippen molar-refractivity contribution < 1.29 is 17.9 Å². The summed E-state index contributed by atoms with van der Waals surface area (Å²) in [7, 11) is 0. The third-order valence-electron chi connectivity index (χ3n) is 6.46. The predicted octanol–water partition coefficient (Wildman–Crippen LogP) is 5.42. The number of piperidine rings is 1. The topological polar surface area (TPSA) is 24.5 Å². The summed E-state index contributed by atoms with van der Waals surface area (Å²) < 4.78 is 46.1. The summed E-state index contributed by atoms with van der Waals surface area (Å²) in [6.07, 6.45) is 1.07. The number of benzene rings is 2. The Labute approximate surface area is 182 Å². The molecule has 168 valence electrons. The first-order valence-electron chi connectivity index (χ1n) is 11.3. The summed E-state index contributed by atoms with van der Waals surface area (Å²) in [5, 5.41) is 3.39. The fourth-order valence-electron chi connectivity index (χ4n) is 4.72. The Bertz CT molecular complexity index is 862. The molecular formula is C25H31F3N2O. The van der Waals surface area contributed by atoms with Gasteiger partial charge in [0.1, 0.15) is 5.75 Å². The van der Waals surface area contributed by atoms with Crippen LogP contribution in [-0.2, 0) is 25.7 Å². The molecule has 0 spiro atoms. The second-order valence-electron chi connectivity index (χ2n) is 8.73.